The van der Waals surface area contributed by atoms with Gasteiger partial charge in [0.2, 0.25) is 0 Å². The van der Waals surface area contributed by atoms with Crippen molar-refractivity contribution in [2.75, 3.05) is 0 Å². The van der Waals surface area contributed by atoms with Crippen LogP contribution in [-0.4, -0.2) is 14.5 Å². The Hall–Kier alpha value is -4.79. The van der Waals surface area contributed by atoms with Crippen LogP contribution in [-0.2, 0) is 37.3 Å². The van der Waals surface area contributed by atoms with E-state index >= 15 is 0 Å². The van der Waals surface area contributed by atoms with Gasteiger partial charge in [0.15, 0.2) is 0 Å². The average Bonchev–Trinajstić information content (AvgIpc) is 3.72. The van der Waals surface area contributed by atoms with Gasteiger partial charge >= 0.3 is 21.1 Å². The molecule has 5 aromatic carbocycles. The van der Waals surface area contributed by atoms with Crippen LogP contribution in [0.1, 0.15) is 79.0 Å². The van der Waals surface area contributed by atoms with Crippen LogP contribution in [0.5, 0.6) is 0 Å². The molecule has 0 amide bonds. The molecule has 0 radical (unpaired) electrons. The van der Waals surface area contributed by atoms with E-state index in [1.165, 1.54) is 16.7 Å². The van der Waals surface area contributed by atoms with Gasteiger partial charge in [-0.05, 0) is 74.0 Å². The Morgan fingerprint density at radius 3 is 1.92 bits per heavy atom. The van der Waals surface area contributed by atoms with Crippen LogP contribution in [0.4, 0.5) is 0 Å². The van der Waals surface area contributed by atoms with Crippen molar-refractivity contribution in [2.45, 2.75) is 78.6 Å². The second kappa shape index (κ2) is 13.3. The molecule has 268 valence electrons. The monoisotopic (exact) mass is 873 g/mol. The first-order valence-corrected chi connectivity index (χ1v) is 18.3. The van der Waals surface area contributed by atoms with E-state index in [0.29, 0.717) is 0 Å². The van der Waals surface area contributed by atoms with Gasteiger partial charge in [0.1, 0.15) is 0 Å². The topological polar surface area (TPSA) is 44.8 Å². The molecule has 0 aliphatic carbocycles. The first kappa shape index (κ1) is 36.6. The molecule has 0 N–H and O–H groups in total. The first-order valence-electron chi connectivity index (χ1n) is 18.3. The van der Waals surface area contributed by atoms with E-state index in [1.54, 1.807) is 0 Å². The maximum Gasteiger partial charge on any atom is 2.00 e. The molecule has 0 saturated carbocycles. The zero-order valence-electron chi connectivity index (χ0n) is 32.1. The average molecular weight is 874 g/mol. The molecule has 0 fully saturated rings. The van der Waals surface area contributed by atoms with Gasteiger partial charge in [-0.15, -0.1) is 35.0 Å². The third-order valence-corrected chi connectivity index (χ3v) is 10.2. The molecule has 8 rings (SSSR count). The normalized spacial score (nSPS) is 12.5. The number of nitrogens with zero attached hydrogens (tertiary/aromatic N) is 4. The Kier molecular flexibility index (Phi) is 9.14. The van der Waals surface area contributed by atoms with E-state index in [1.807, 2.05) is 12.1 Å². The number of para-hydroxylation sites is 3. The summed E-state index contributed by atoms with van der Waals surface area (Å²) in [5.41, 5.74) is 13.4. The van der Waals surface area contributed by atoms with Gasteiger partial charge in [0.05, 0.1) is 22.4 Å². The Morgan fingerprint density at radius 1 is 0.566 bits per heavy atom. The Labute approximate surface area is 328 Å². The van der Waals surface area contributed by atoms with E-state index < -0.39 is 0 Å². The molecule has 53 heavy (non-hydrogen) atoms. The molecular weight excluding hydrogens is 828 g/mol. The van der Waals surface area contributed by atoms with Gasteiger partial charge in [-0.3, -0.25) is 9.97 Å². The molecule has 0 bridgehead atoms. The Balaban J connectivity index is 0.00000435. The number of rotatable bonds is 4. The minimum absolute atomic E-state index is 0. The second-order valence-electron chi connectivity index (χ2n) is 17.2. The summed E-state index contributed by atoms with van der Waals surface area (Å²) in [6.45, 7) is 20.3. The predicted molar refractivity (Wildman–Crippen MR) is 218 cm³/mol. The standard InChI is InChI=1S/C48H46N4.Pt/c1-46(2,3)34-20-22-39-32(25-34)28-42(49-39)38-29-36(48(7,8)9)24-30-19-21-40(50-44(30)38)31-23-33(27-35(26-31)47(4,5)6)45-51-41-17-13-14-18-43(41)52(45)37-15-11-10-12-16-37;/h10-22,24-29H,1-9H3;/q-2;+2. The summed E-state index contributed by atoms with van der Waals surface area (Å²) in [5.74, 6) is 0.860. The molecule has 4 nitrogen and oxygen atoms in total. The van der Waals surface area contributed by atoms with Crippen LogP contribution in [0.15, 0.2) is 115 Å². The summed E-state index contributed by atoms with van der Waals surface area (Å²) in [5, 5.41) is 2.26. The van der Waals surface area contributed by atoms with E-state index in [0.717, 1.165) is 72.4 Å². The van der Waals surface area contributed by atoms with Crippen molar-refractivity contribution in [3.8, 4) is 39.6 Å². The number of hydrogen-bond donors (Lipinski definition) is 0. The van der Waals surface area contributed by atoms with Crippen molar-refractivity contribution in [3.63, 3.8) is 0 Å². The van der Waals surface area contributed by atoms with Crippen molar-refractivity contribution >= 4 is 32.8 Å². The van der Waals surface area contributed by atoms with Crippen LogP contribution < -0.4 is 4.98 Å². The zero-order chi connectivity index (χ0) is 36.6. The van der Waals surface area contributed by atoms with E-state index in [2.05, 4.69) is 176 Å². The third kappa shape index (κ3) is 6.90. The van der Waals surface area contributed by atoms with E-state index in [4.69, 9.17) is 15.0 Å². The van der Waals surface area contributed by atoms with Crippen molar-refractivity contribution in [1.82, 2.24) is 19.5 Å². The molecule has 0 atom stereocenters. The first-order chi connectivity index (χ1) is 24.6. The van der Waals surface area contributed by atoms with Gasteiger partial charge in [-0.1, -0.05) is 146 Å². The fourth-order valence-electron chi connectivity index (χ4n) is 7.01. The fraction of sp³-hybridized carbons (Fsp3) is 0.250. The third-order valence-electron chi connectivity index (χ3n) is 10.2. The van der Waals surface area contributed by atoms with Gasteiger partial charge in [0.25, 0.3) is 0 Å². The largest absolute Gasteiger partial charge is 2.00 e. The molecule has 0 saturated heterocycles. The second-order valence-corrected chi connectivity index (χ2v) is 17.2. The van der Waals surface area contributed by atoms with Crippen LogP contribution >= 0.6 is 0 Å². The zero-order valence-corrected chi connectivity index (χ0v) is 34.3. The maximum atomic E-state index is 5.45. The van der Waals surface area contributed by atoms with E-state index in [-0.39, 0.29) is 37.3 Å². The molecule has 5 heteroatoms. The molecule has 0 aliphatic heterocycles. The van der Waals surface area contributed by atoms with Crippen molar-refractivity contribution < 1.29 is 21.1 Å². The summed E-state index contributed by atoms with van der Waals surface area (Å²) in [7, 11) is 0. The Bertz CT molecular complexity index is 2620. The smallest absolute Gasteiger partial charge is 0.657 e. The van der Waals surface area contributed by atoms with Crippen molar-refractivity contribution in [3.05, 3.63) is 138 Å². The number of benzene rings is 5. The summed E-state index contributed by atoms with van der Waals surface area (Å²) in [6, 6.07) is 44.9. The molecule has 8 aromatic rings. The summed E-state index contributed by atoms with van der Waals surface area (Å²) in [4.78, 5) is 15.8. The predicted octanol–water partition coefficient (Wildman–Crippen LogP) is 12.4. The molecule has 0 aliphatic rings. The van der Waals surface area contributed by atoms with Gasteiger partial charge in [-0.2, -0.15) is 0 Å². The Morgan fingerprint density at radius 2 is 1.21 bits per heavy atom. The number of fused-ring (bicyclic) bond motifs is 3. The number of pyridine rings is 1. The van der Waals surface area contributed by atoms with Crippen LogP contribution in [0.3, 0.4) is 0 Å². The summed E-state index contributed by atoms with van der Waals surface area (Å²) < 4.78 is 2.24. The number of aromatic nitrogens is 4. The van der Waals surface area contributed by atoms with Crippen LogP contribution in [0, 0.1) is 6.07 Å². The molecule has 3 aromatic heterocycles. The van der Waals surface area contributed by atoms with Crippen molar-refractivity contribution in [1.29, 1.82) is 0 Å². The molecule has 0 spiro atoms. The van der Waals surface area contributed by atoms with E-state index in [9.17, 15) is 0 Å². The molecular formula is C48H46N4Pt. The summed E-state index contributed by atoms with van der Waals surface area (Å²) in [6.07, 6.45) is 0. The molecule has 3 heterocycles. The van der Waals surface area contributed by atoms with Crippen molar-refractivity contribution in [2.24, 2.45) is 0 Å². The SMILES string of the molecule is CC(C)(C)c1cc(-c2ccc3cc(C(C)(C)C)cc(-c4cc5cc(C(C)(C)C)ccc5[n-]4)c3n2)[c-]c(-c2nc3ccccc3n2-c2ccccc2)c1.[Pt+2]. The minimum Gasteiger partial charge on any atom is -0.657 e. The van der Waals surface area contributed by atoms with Gasteiger partial charge < -0.3 is 9.55 Å². The summed E-state index contributed by atoms with van der Waals surface area (Å²) >= 11 is 0. The van der Waals surface area contributed by atoms with Gasteiger partial charge in [-0.25, -0.2) is 0 Å². The number of imidazole rings is 1. The quantitative estimate of drug-likeness (QED) is 0.166. The van der Waals surface area contributed by atoms with Gasteiger partial charge in [0, 0.05) is 11.4 Å². The fourth-order valence-corrected chi connectivity index (χ4v) is 7.01. The molecule has 0 unspecified atom stereocenters. The number of hydrogen-bond acceptors (Lipinski definition) is 2. The minimum atomic E-state index is -0.114. The van der Waals surface area contributed by atoms with Crippen LogP contribution in [0.25, 0.3) is 72.4 Å². The maximum absolute atomic E-state index is 5.45. The van der Waals surface area contributed by atoms with Crippen LogP contribution in [0.2, 0.25) is 0 Å².